The van der Waals surface area contributed by atoms with Crippen LogP contribution in [0, 0.1) is 17.2 Å². The molecule has 3 atom stereocenters. The van der Waals surface area contributed by atoms with E-state index in [1.165, 1.54) is 49.8 Å². The molecule has 5 rings (SSSR count). The Labute approximate surface area is 149 Å². The van der Waals surface area contributed by atoms with E-state index in [4.69, 9.17) is 5.26 Å². The van der Waals surface area contributed by atoms with Crippen molar-refractivity contribution in [2.24, 2.45) is 5.92 Å². The van der Waals surface area contributed by atoms with Gasteiger partial charge in [-0.1, -0.05) is 43.2 Å². The van der Waals surface area contributed by atoms with Crippen LogP contribution in [0.2, 0.25) is 0 Å². The van der Waals surface area contributed by atoms with Crippen LogP contribution in [-0.2, 0) is 11.8 Å². The summed E-state index contributed by atoms with van der Waals surface area (Å²) in [7, 11) is 0. The molecule has 2 aromatic rings. The van der Waals surface area contributed by atoms with Crippen molar-refractivity contribution in [2.75, 3.05) is 6.54 Å². The fourth-order valence-electron chi connectivity index (χ4n) is 5.96. The van der Waals surface area contributed by atoms with Crippen LogP contribution in [0.15, 0.2) is 42.5 Å². The minimum atomic E-state index is 0.407. The normalized spacial score (nSPS) is 30.0. The summed E-state index contributed by atoms with van der Waals surface area (Å²) in [6.07, 6.45) is 7.97. The molecule has 0 spiro atoms. The van der Waals surface area contributed by atoms with Gasteiger partial charge in [0.15, 0.2) is 0 Å². The predicted octanol–water partition coefficient (Wildman–Crippen LogP) is 4.57. The Morgan fingerprint density at radius 2 is 1.92 bits per heavy atom. The number of nitriles is 1. The second-order valence-electron chi connectivity index (χ2n) is 8.04. The topological polar surface area (TPSA) is 35.8 Å². The van der Waals surface area contributed by atoms with Crippen molar-refractivity contribution >= 4 is 0 Å². The number of fused-ring (bicyclic) bond motifs is 1. The van der Waals surface area contributed by atoms with Crippen molar-refractivity contribution in [3.63, 3.8) is 0 Å². The summed E-state index contributed by atoms with van der Waals surface area (Å²) in [4.78, 5) is 0. The van der Waals surface area contributed by atoms with E-state index in [0.29, 0.717) is 11.5 Å². The first-order chi connectivity index (χ1) is 12.3. The van der Waals surface area contributed by atoms with Gasteiger partial charge in [-0.2, -0.15) is 5.26 Å². The van der Waals surface area contributed by atoms with E-state index in [9.17, 15) is 0 Å². The lowest BCUT2D eigenvalue weighted by Gasteiger charge is -2.56. The zero-order valence-electron chi connectivity index (χ0n) is 14.6. The molecule has 25 heavy (non-hydrogen) atoms. The molecule has 0 aromatic heterocycles. The van der Waals surface area contributed by atoms with Gasteiger partial charge < -0.3 is 5.32 Å². The average Bonchev–Trinajstić information content (AvgIpc) is 2.68. The molecular formula is C23H24N2. The van der Waals surface area contributed by atoms with Crippen LogP contribution < -0.4 is 5.32 Å². The molecule has 0 radical (unpaired) electrons. The maximum atomic E-state index is 9.07. The quantitative estimate of drug-likeness (QED) is 0.832. The number of nitrogens with one attached hydrogen (secondary N) is 1. The predicted molar refractivity (Wildman–Crippen MR) is 100 cm³/mol. The van der Waals surface area contributed by atoms with E-state index < -0.39 is 0 Å². The highest BCUT2D eigenvalue weighted by molar-refractivity contribution is 5.71. The monoisotopic (exact) mass is 328 g/mol. The highest BCUT2D eigenvalue weighted by atomic mass is 15.0. The second kappa shape index (κ2) is 5.71. The summed E-state index contributed by atoms with van der Waals surface area (Å²) >= 11 is 0. The zero-order valence-corrected chi connectivity index (χ0v) is 14.6. The molecular weight excluding hydrogens is 304 g/mol. The maximum Gasteiger partial charge on any atom is 0.0991 e. The summed E-state index contributed by atoms with van der Waals surface area (Å²) in [5, 5.41) is 12.9. The molecule has 2 aliphatic carbocycles. The van der Waals surface area contributed by atoms with Crippen molar-refractivity contribution in [2.45, 2.75) is 50.0 Å². The molecule has 0 unspecified atom stereocenters. The van der Waals surface area contributed by atoms with Gasteiger partial charge in [0.05, 0.1) is 11.6 Å². The molecule has 0 amide bonds. The van der Waals surface area contributed by atoms with Gasteiger partial charge in [-0.25, -0.2) is 0 Å². The fraction of sp³-hybridized carbons (Fsp3) is 0.435. The molecule has 1 N–H and O–H groups in total. The molecule has 1 heterocycles. The van der Waals surface area contributed by atoms with Gasteiger partial charge in [0.2, 0.25) is 0 Å². The van der Waals surface area contributed by atoms with Crippen LogP contribution in [-0.4, -0.2) is 12.6 Å². The molecule has 2 nitrogen and oxygen atoms in total. The Balaban J connectivity index is 1.67. The van der Waals surface area contributed by atoms with E-state index in [-0.39, 0.29) is 0 Å². The zero-order chi connectivity index (χ0) is 16.9. The van der Waals surface area contributed by atoms with Crippen LogP contribution in [0.5, 0.6) is 0 Å². The summed E-state index contributed by atoms with van der Waals surface area (Å²) in [5.74, 6) is 0.818. The summed E-state index contributed by atoms with van der Waals surface area (Å²) < 4.78 is 0. The number of rotatable bonds is 1. The third-order valence-electron chi connectivity index (χ3n) is 7.02. The van der Waals surface area contributed by atoms with Crippen LogP contribution >= 0.6 is 0 Å². The van der Waals surface area contributed by atoms with Crippen LogP contribution in [0.4, 0.5) is 0 Å². The minimum absolute atomic E-state index is 0.407. The van der Waals surface area contributed by atoms with Gasteiger partial charge in [-0.05, 0) is 72.5 Å². The first-order valence-electron chi connectivity index (χ1n) is 9.68. The Hall–Kier alpha value is -2.11. The van der Waals surface area contributed by atoms with Gasteiger partial charge in [0.25, 0.3) is 0 Å². The van der Waals surface area contributed by atoms with E-state index in [1.807, 2.05) is 12.1 Å². The van der Waals surface area contributed by atoms with Gasteiger partial charge in [0, 0.05) is 11.5 Å². The number of piperidine rings is 1. The summed E-state index contributed by atoms with van der Waals surface area (Å²) in [6, 6.07) is 17.9. The van der Waals surface area contributed by atoms with Gasteiger partial charge >= 0.3 is 0 Å². The molecule has 2 fully saturated rings. The van der Waals surface area contributed by atoms with Gasteiger partial charge in [0.1, 0.15) is 0 Å². The number of nitrogens with zero attached hydrogens (tertiary/aromatic N) is 1. The van der Waals surface area contributed by atoms with Crippen molar-refractivity contribution in [3.05, 3.63) is 59.2 Å². The molecule has 1 saturated carbocycles. The molecule has 2 heteroatoms. The van der Waals surface area contributed by atoms with Gasteiger partial charge in [-0.3, -0.25) is 0 Å². The fourth-order valence-corrected chi connectivity index (χ4v) is 5.96. The standard InChI is InChI=1S/C23H24N2/c24-15-16-7-9-17(10-8-16)18-4-3-6-20-19(18)14-22-21-5-1-2-11-23(20,21)12-13-25-22/h3-4,6-10,21-22,25H,1-2,5,11-14H2/t21-,22+,23-/m0/s1. The average molecular weight is 328 g/mol. The smallest absolute Gasteiger partial charge is 0.0991 e. The SMILES string of the molecule is N#Cc1ccc(-c2cccc3c2C[C@H]2NCC[C@@]34CCCC[C@@H]24)cc1. The molecule has 126 valence electrons. The number of benzene rings is 2. The van der Waals surface area contributed by atoms with Crippen molar-refractivity contribution in [3.8, 4) is 17.2 Å². The highest BCUT2D eigenvalue weighted by Crippen LogP contribution is 2.54. The number of hydrogen-bond donors (Lipinski definition) is 1. The lowest BCUT2D eigenvalue weighted by atomic mass is 9.52. The lowest BCUT2D eigenvalue weighted by molar-refractivity contribution is 0.0799. The third-order valence-corrected chi connectivity index (χ3v) is 7.02. The molecule has 2 bridgehead atoms. The van der Waals surface area contributed by atoms with E-state index in [0.717, 1.165) is 17.9 Å². The van der Waals surface area contributed by atoms with E-state index in [1.54, 1.807) is 11.1 Å². The lowest BCUT2D eigenvalue weighted by Crippen LogP contribution is -2.59. The largest absolute Gasteiger partial charge is 0.313 e. The van der Waals surface area contributed by atoms with Crippen LogP contribution in [0.3, 0.4) is 0 Å². The van der Waals surface area contributed by atoms with Crippen LogP contribution in [0.25, 0.3) is 11.1 Å². The Bertz CT molecular complexity index is 841. The molecule has 1 aliphatic heterocycles. The third kappa shape index (κ3) is 2.19. The van der Waals surface area contributed by atoms with Crippen molar-refractivity contribution in [1.82, 2.24) is 5.32 Å². The first-order valence-corrected chi connectivity index (χ1v) is 9.68. The van der Waals surface area contributed by atoms with E-state index >= 15 is 0 Å². The van der Waals surface area contributed by atoms with Gasteiger partial charge in [-0.15, -0.1) is 0 Å². The Kier molecular flexibility index (Phi) is 3.47. The maximum absolute atomic E-state index is 9.07. The Morgan fingerprint density at radius 3 is 2.76 bits per heavy atom. The minimum Gasteiger partial charge on any atom is -0.313 e. The summed E-state index contributed by atoms with van der Waals surface area (Å²) in [6.45, 7) is 1.17. The molecule has 1 saturated heterocycles. The first kappa shape index (κ1) is 15.2. The van der Waals surface area contributed by atoms with Crippen molar-refractivity contribution < 1.29 is 0 Å². The number of hydrogen-bond acceptors (Lipinski definition) is 2. The van der Waals surface area contributed by atoms with E-state index in [2.05, 4.69) is 41.7 Å². The Morgan fingerprint density at radius 1 is 1.04 bits per heavy atom. The van der Waals surface area contributed by atoms with Crippen LogP contribution in [0.1, 0.15) is 48.8 Å². The molecule has 3 aliphatic rings. The molecule has 2 aromatic carbocycles. The summed E-state index contributed by atoms with van der Waals surface area (Å²) in [5.41, 5.74) is 6.96. The highest BCUT2D eigenvalue weighted by Gasteiger charge is 2.51. The second-order valence-corrected chi connectivity index (χ2v) is 8.04. The van der Waals surface area contributed by atoms with Crippen molar-refractivity contribution in [1.29, 1.82) is 5.26 Å².